The maximum Gasteiger partial charge on any atom is 0.362 e. The van der Waals surface area contributed by atoms with Gasteiger partial charge in [-0.2, -0.15) is 9.38 Å². The van der Waals surface area contributed by atoms with Crippen molar-refractivity contribution in [2.45, 2.75) is 5.03 Å². The molecule has 0 aromatic carbocycles. The van der Waals surface area contributed by atoms with E-state index in [2.05, 4.69) is 9.88 Å². The monoisotopic (exact) mass is 314 g/mol. The number of hydrogen-bond donors (Lipinski definition) is 0. The Hall–Kier alpha value is -1.16. The molecule has 0 unspecified atom stereocenters. The Labute approximate surface area is 123 Å². The first-order valence-electron chi connectivity index (χ1n) is 6.28. The van der Waals surface area contributed by atoms with Crippen LogP contribution in [0.15, 0.2) is 16.6 Å². The Morgan fingerprint density at radius 1 is 1.50 bits per heavy atom. The molecule has 1 aliphatic heterocycles. The van der Waals surface area contributed by atoms with Crippen LogP contribution in [0.2, 0.25) is 0 Å². The van der Waals surface area contributed by atoms with E-state index >= 15 is 0 Å². The SMILES string of the molecule is O=[N+]([O-])c1c(SCCN2CCOCC2)nc2sccn12. The maximum atomic E-state index is 11.2. The van der Waals surface area contributed by atoms with Crippen molar-refractivity contribution in [3.8, 4) is 0 Å². The molecule has 9 heteroatoms. The van der Waals surface area contributed by atoms with E-state index in [1.54, 1.807) is 16.0 Å². The summed E-state index contributed by atoms with van der Waals surface area (Å²) in [6.07, 6.45) is 1.69. The molecule has 0 amide bonds. The molecule has 2 aromatic heterocycles. The molecule has 0 radical (unpaired) electrons. The van der Waals surface area contributed by atoms with Crippen LogP contribution in [0.5, 0.6) is 0 Å². The van der Waals surface area contributed by atoms with Gasteiger partial charge in [0, 0.05) is 30.8 Å². The highest BCUT2D eigenvalue weighted by Crippen LogP contribution is 2.31. The molecule has 0 aliphatic carbocycles. The zero-order chi connectivity index (χ0) is 13.9. The molecule has 1 fully saturated rings. The summed E-state index contributed by atoms with van der Waals surface area (Å²) in [7, 11) is 0. The maximum absolute atomic E-state index is 11.2. The first-order chi connectivity index (χ1) is 9.75. The van der Waals surface area contributed by atoms with Crippen LogP contribution in [0.1, 0.15) is 0 Å². The van der Waals surface area contributed by atoms with Gasteiger partial charge in [-0.3, -0.25) is 4.90 Å². The standard InChI is InChI=1S/C11H14N4O3S2/c16-15(17)10-9(12-11-14(10)4-8-20-11)19-7-3-13-1-5-18-6-2-13/h4,8H,1-3,5-7H2. The lowest BCUT2D eigenvalue weighted by atomic mass is 10.4. The fourth-order valence-electron chi connectivity index (χ4n) is 2.11. The normalized spacial score (nSPS) is 16.8. The number of imidazole rings is 1. The topological polar surface area (TPSA) is 72.9 Å². The number of aromatic nitrogens is 2. The Morgan fingerprint density at radius 3 is 3.05 bits per heavy atom. The van der Waals surface area contributed by atoms with E-state index < -0.39 is 0 Å². The number of nitro groups is 1. The summed E-state index contributed by atoms with van der Waals surface area (Å²) in [5.41, 5.74) is 0. The average molecular weight is 314 g/mol. The number of morpholine rings is 1. The number of nitrogens with zero attached hydrogens (tertiary/aromatic N) is 4. The van der Waals surface area contributed by atoms with E-state index in [9.17, 15) is 10.1 Å². The van der Waals surface area contributed by atoms with E-state index in [4.69, 9.17) is 4.74 Å². The molecule has 0 saturated carbocycles. The molecule has 2 aromatic rings. The third-order valence-corrected chi connectivity index (χ3v) is 4.82. The summed E-state index contributed by atoms with van der Waals surface area (Å²) in [6, 6.07) is 0. The predicted octanol–water partition coefficient (Wildman–Crippen LogP) is 1.73. The summed E-state index contributed by atoms with van der Waals surface area (Å²) in [6.45, 7) is 4.30. The van der Waals surface area contributed by atoms with Crippen molar-refractivity contribution in [3.05, 3.63) is 21.7 Å². The van der Waals surface area contributed by atoms with Crippen LogP contribution < -0.4 is 0 Å². The van der Waals surface area contributed by atoms with Crippen molar-refractivity contribution in [1.82, 2.24) is 14.3 Å². The van der Waals surface area contributed by atoms with Gasteiger partial charge in [0.1, 0.15) is 6.20 Å². The largest absolute Gasteiger partial charge is 0.379 e. The van der Waals surface area contributed by atoms with Crippen LogP contribution in [-0.2, 0) is 4.74 Å². The smallest absolute Gasteiger partial charge is 0.362 e. The minimum atomic E-state index is -0.357. The lowest BCUT2D eigenvalue weighted by Crippen LogP contribution is -2.37. The highest BCUT2D eigenvalue weighted by molar-refractivity contribution is 7.99. The van der Waals surface area contributed by atoms with Gasteiger partial charge < -0.3 is 14.9 Å². The van der Waals surface area contributed by atoms with Crippen LogP contribution in [0.3, 0.4) is 0 Å². The number of rotatable bonds is 5. The molecule has 20 heavy (non-hydrogen) atoms. The predicted molar refractivity (Wildman–Crippen MR) is 77.7 cm³/mol. The minimum absolute atomic E-state index is 0.0771. The van der Waals surface area contributed by atoms with Gasteiger partial charge in [-0.05, 0) is 4.92 Å². The van der Waals surface area contributed by atoms with E-state index in [-0.39, 0.29) is 10.7 Å². The number of hydrogen-bond acceptors (Lipinski definition) is 7. The lowest BCUT2D eigenvalue weighted by Gasteiger charge is -2.26. The van der Waals surface area contributed by atoms with Crippen LogP contribution in [0, 0.1) is 10.1 Å². The van der Waals surface area contributed by atoms with E-state index in [0.717, 1.165) is 38.6 Å². The molecule has 3 heterocycles. The van der Waals surface area contributed by atoms with Crippen molar-refractivity contribution in [2.75, 3.05) is 38.6 Å². The second kappa shape index (κ2) is 6.08. The molecular formula is C11H14N4O3S2. The van der Waals surface area contributed by atoms with E-state index in [0.29, 0.717) is 9.99 Å². The molecule has 108 valence electrons. The molecule has 7 nitrogen and oxygen atoms in total. The average Bonchev–Trinajstić information content (AvgIpc) is 2.99. The molecule has 0 bridgehead atoms. The zero-order valence-electron chi connectivity index (χ0n) is 10.7. The van der Waals surface area contributed by atoms with Gasteiger partial charge in [-0.15, -0.1) is 0 Å². The number of ether oxygens (including phenoxy) is 1. The van der Waals surface area contributed by atoms with Crippen LogP contribution in [0.4, 0.5) is 5.82 Å². The van der Waals surface area contributed by atoms with Crippen LogP contribution in [-0.4, -0.2) is 57.8 Å². The minimum Gasteiger partial charge on any atom is -0.379 e. The zero-order valence-corrected chi connectivity index (χ0v) is 12.4. The van der Waals surface area contributed by atoms with Gasteiger partial charge in [-0.25, -0.2) is 0 Å². The summed E-state index contributed by atoms with van der Waals surface area (Å²) in [5, 5.41) is 13.5. The Kier molecular flexibility index (Phi) is 4.20. The lowest BCUT2D eigenvalue weighted by molar-refractivity contribution is -0.393. The Balaban J connectivity index is 1.66. The molecule has 0 atom stereocenters. The summed E-state index contributed by atoms with van der Waals surface area (Å²) in [5.74, 6) is 0.874. The van der Waals surface area contributed by atoms with Gasteiger partial charge in [-0.1, -0.05) is 23.1 Å². The summed E-state index contributed by atoms with van der Waals surface area (Å²) < 4.78 is 6.84. The molecule has 3 rings (SSSR count). The fraction of sp³-hybridized carbons (Fsp3) is 0.545. The molecule has 1 aliphatic rings. The Morgan fingerprint density at radius 2 is 2.30 bits per heavy atom. The van der Waals surface area contributed by atoms with Gasteiger partial charge in [0.15, 0.2) is 5.03 Å². The molecule has 0 spiro atoms. The highest BCUT2D eigenvalue weighted by Gasteiger charge is 2.23. The number of thioether (sulfide) groups is 1. The molecule has 1 saturated heterocycles. The third-order valence-electron chi connectivity index (χ3n) is 3.13. The quantitative estimate of drug-likeness (QED) is 0.475. The van der Waals surface area contributed by atoms with Gasteiger partial charge in [0.05, 0.1) is 13.2 Å². The van der Waals surface area contributed by atoms with Crippen molar-refractivity contribution < 1.29 is 9.66 Å². The molecule has 0 N–H and O–H groups in total. The number of fused-ring (bicyclic) bond motifs is 1. The highest BCUT2D eigenvalue weighted by atomic mass is 32.2. The van der Waals surface area contributed by atoms with Crippen LogP contribution in [0.25, 0.3) is 4.96 Å². The van der Waals surface area contributed by atoms with Gasteiger partial charge >= 0.3 is 5.82 Å². The first-order valence-corrected chi connectivity index (χ1v) is 8.15. The second-order valence-electron chi connectivity index (χ2n) is 4.36. The first kappa shape index (κ1) is 13.8. The summed E-state index contributed by atoms with van der Waals surface area (Å²) >= 11 is 2.86. The van der Waals surface area contributed by atoms with Crippen molar-refractivity contribution in [1.29, 1.82) is 0 Å². The summed E-state index contributed by atoms with van der Waals surface area (Å²) in [4.78, 5) is 18.1. The Bertz CT molecular complexity index is 606. The number of thiazole rings is 1. The fourth-order valence-corrected chi connectivity index (χ4v) is 3.88. The van der Waals surface area contributed by atoms with Gasteiger partial charge in [0.2, 0.25) is 0 Å². The van der Waals surface area contributed by atoms with Gasteiger partial charge in [0.25, 0.3) is 4.96 Å². The third kappa shape index (κ3) is 2.80. The second-order valence-corrected chi connectivity index (χ2v) is 6.31. The van der Waals surface area contributed by atoms with Crippen molar-refractivity contribution in [3.63, 3.8) is 0 Å². The van der Waals surface area contributed by atoms with Crippen LogP contribution >= 0.6 is 23.1 Å². The molecular weight excluding hydrogens is 300 g/mol. The van der Waals surface area contributed by atoms with Crippen molar-refractivity contribution in [2.24, 2.45) is 0 Å². The van der Waals surface area contributed by atoms with E-state index in [1.165, 1.54) is 23.1 Å². The van der Waals surface area contributed by atoms with Crippen molar-refractivity contribution >= 4 is 33.9 Å². The van der Waals surface area contributed by atoms with E-state index in [1.807, 2.05) is 0 Å².